The molecule has 2 aromatic rings. The van der Waals surface area contributed by atoms with Crippen molar-refractivity contribution in [1.82, 2.24) is 20.3 Å². The van der Waals surface area contributed by atoms with E-state index in [-0.39, 0.29) is 28.3 Å². The summed E-state index contributed by atoms with van der Waals surface area (Å²) in [4.78, 5) is 12.9. The summed E-state index contributed by atoms with van der Waals surface area (Å²) in [6, 6.07) is 5.29. The van der Waals surface area contributed by atoms with Crippen molar-refractivity contribution in [3.63, 3.8) is 0 Å². The SMILES string of the molecule is NCC12CC(NC(=O)c3cn(Cc4ccc(Cl)cc4Cl)nn3)(C1)C1(CCC1)O2. The lowest BCUT2D eigenvalue weighted by molar-refractivity contribution is -0.105. The zero-order valence-electron chi connectivity index (χ0n) is 15.3. The van der Waals surface area contributed by atoms with Crippen molar-refractivity contribution >= 4 is 29.1 Å². The number of nitrogens with one attached hydrogen (secondary N) is 1. The molecule has 1 spiro atoms. The number of aromatic nitrogens is 3. The van der Waals surface area contributed by atoms with E-state index in [0.29, 0.717) is 23.1 Å². The third-order valence-corrected chi connectivity index (χ3v) is 7.12. The van der Waals surface area contributed by atoms with E-state index in [9.17, 15) is 4.79 Å². The molecule has 0 atom stereocenters. The largest absolute Gasteiger partial charge is 0.365 e. The van der Waals surface area contributed by atoms with Gasteiger partial charge in [-0.15, -0.1) is 5.10 Å². The van der Waals surface area contributed by atoms with Crippen molar-refractivity contribution in [2.75, 3.05) is 6.54 Å². The summed E-state index contributed by atoms with van der Waals surface area (Å²) in [6.07, 6.45) is 6.24. The number of benzene rings is 1. The van der Waals surface area contributed by atoms with Crippen LogP contribution in [0.3, 0.4) is 0 Å². The number of amides is 1. The Balaban J connectivity index is 1.31. The van der Waals surface area contributed by atoms with Gasteiger partial charge in [-0.05, 0) is 37.0 Å². The molecule has 2 aliphatic heterocycles. The molecule has 2 saturated carbocycles. The van der Waals surface area contributed by atoms with Gasteiger partial charge in [0.25, 0.3) is 5.91 Å². The third-order valence-electron chi connectivity index (χ3n) is 6.54. The summed E-state index contributed by atoms with van der Waals surface area (Å²) in [5.74, 6) is -0.226. The highest BCUT2D eigenvalue weighted by Crippen LogP contribution is 2.66. The molecule has 3 heterocycles. The maximum absolute atomic E-state index is 12.9. The molecule has 4 fully saturated rings. The van der Waals surface area contributed by atoms with Crippen LogP contribution >= 0.6 is 23.2 Å². The van der Waals surface area contributed by atoms with Crippen molar-refractivity contribution in [1.29, 1.82) is 0 Å². The predicted molar refractivity (Wildman–Crippen MR) is 104 cm³/mol. The van der Waals surface area contributed by atoms with Crippen LogP contribution < -0.4 is 11.1 Å². The molecule has 1 amide bonds. The molecular weight excluding hydrogens is 401 g/mol. The van der Waals surface area contributed by atoms with Crippen molar-refractivity contribution in [2.24, 2.45) is 5.73 Å². The fraction of sp³-hybridized carbons (Fsp3) is 0.526. The van der Waals surface area contributed by atoms with Gasteiger partial charge in [-0.1, -0.05) is 34.5 Å². The Labute approximate surface area is 172 Å². The summed E-state index contributed by atoms with van der Waals surface area (Å²) in [6.45, 7) is 0.898. The van der Waals surface area contributed by atoms with Gasteiger partial charge in [-0.25, -0.2) is 4.68 Å². The van der Waals surface area contributed by atoms with Crippen molar-refractivity contribution in [3.05, 3.63) is 45.7 Å². The molecule has 0 unspecified atom stereocenters. The normalized spacial score (nSPS) is 29.4. The summed E-state index contributed by atoms with van der Waals surface area (Å²) >= 11 is 12.2. The first kappa shape index (κ1) is 18.4. The average Bonchev–Trinajstić information content (AvgIpc) is 3.25. The molecule has 2 bridgehead atoms. The third kappa shape index (κ3) is 2.60. The van der Waals surface area contributed by atoms with E-state index in [1.54, 1.807) is 23.0 Å². The zero-order chi connectivity index (χ0) is 19.6. The molecule has 0 radical (unpaired) electrons. The molecule has 9 heteroatoms. The van der Waals surface area contributed by atoms with E-state index in [1.165, 1.54) is 0 Å². The van der Waals surface area contributed by atoms with Crippen LogP contribution in [0.15, 0.2) is 24.4 Å². The molecule has 2 saturated heterocycles. The Kier molecular flexibility index (Phi) is 4.04. The molecule has 3 N–H and O–H groups in total. The van der Waals surface area contributed by atoms with E-state index in [2.05, 4.69) is 15.6 Å². The number of hydrogen-bond donors (Lipinski definition) is 2. The quantitative estimate of drug-likeness (QED) is 0.773. The minimum Gasteiger partial charge on any atom is -0.365 e. The Hall–Kier alpha value is -1.67. The van der Waals surface area contributed by atoms with Gasteiger partial charge in [0.2, 0.25) is 0 Å². The highest BCUT2D eigenvalue weighted by atomic mass is 35.5. The van der Waals surface area contributed by atoms with Gasteiger partial charge >= 0.3 is 0 Å². The molecular formula is C19H21Cl2N5O2. The van der Waals surface area contributed by atoms with Gasteiger partial charge in [0.15, 0.2) is 5.69 Å². The van der Waals surface area contributed by atoms with Gasteiger partial charge < -0.3 is 15.8 Å². The van der Waals surface area contributed by atoms with E-state index < -0.39 is 0 Å². The number of halogens is 2. The topological polar surface area (TPSA) is 95.1 Å². The molecule has 148 valence electrons. The van der Waals surface area contributed by atoms with E-state index in [4.69, 9.17) is 33.7 Å². The first-order chi connectivity index (χ1) is 13.4. The minimum atomic E-state index is -0.328. The van der Waals surface area contributed by atoms with Crippen LogP contribution in [0.2, 0.25) is 10.0 Å². The second-order valence-electron chi connectivity index (χ2n) is 8.26. The van der Waals surface area contributed by atoms with Crippen LogP contribution in [0, 0.1) is 0 Å². The first-order valence-corrected chi connectivity index (χ1v) is 10.2. The highest BCUT2D eigenvalue weighted by Gasteiger charge is 2.76. The monoisotopic (exact) mass is 421 g/mol. The van der Waals surface area contributed by atoms with Crippen LogP contribution in [0.25, 0.3) is 0 Å². The van der Waals surface area contributed by atoms with Gasteiger partial charge in [0, 0.05) is 29.4 Å². The van der Waals surface area contributed by atoms with Crippen LogP contribution in [0.1, 0.15) is 48.2 Å². The lowest BCUT2D eigenvalue weighted by atomic mass is 9.56. The van der Waals surface area contributed by atoms with Crippen LogP contribution in [0.5, 0.6) is 0 Å². The highest BCUT2D eigenvalue weighted by molar-refractivity contribution is 6.35. The van der Waals surface area contributed by atoms with Crippen molar-refractivity contribution in [3.8, 4) is 0 Å². The smallest absolute Gasteiger partial charge is 0.273 e. The zero-order valence-corrected chi connectivity index (χ0v) is 16.8. The molecule has 1 aromatic carbocycles. The van der Waals surface area contributed by atoms with E-state index >= 15 is 0 Å². The van der Waals surface area contributed by atoms with Gasteiger partial charge in [-0.2, -0.15) is 0 Å². The summed E-state index contributed by atoms with van der Waals surface area (Å²) in [7, 11) is 0. The maximum Gasteiger partial charge on any atom is 0.273 e. The van der Waals surface area contributed by atoms with Gasteiger partial charge in [-0.3, -0.25) is 4.79 Å². The summed E-state index contributed by atoms with van der Waals surface area (Å²) in [5.41, 5.74) is 6.21. The molecule has 2 aliphatic carbocycles. The first-order valence-electron chi connectivity index (χ1n) is 9.45. The average molecular weight is 422 g/mol. The molecule has 6 rings (SSSR count). The van der Waals surface area contributed by atoms with Crippen molar-refractivity contribution < 1.29 is 9.53 Å². The maximum atomic E-state index is 12.9. The van der Waals surface area contributed by atoms with E-state index in [1.807, 2.05) is 6.07 Å². The second kappa shape index (κ2) is 6.16. The van der Waals surface area contributed by atoms with Gasteiger partial charge in [0.05, 0.1) is 29.5 Å². The van der Waals surface area contributed by atoms with Crippen LogP contribution in [-0.2, 0) is 11.3 Å². The Morgan fingerprint density at radius 2 is 2.11 bits per heavy atom. The lowest BCUT2D eigenvalue weighted by Crippen LogP contribution is -2.68. The predicted octanol–water partition coefficient (Wildman–Crippen LogP) is 2.55. The molecule has 7 nitrogen and oxygen atoms in total. The number of rotatable bonds is 5. The minimum absolute atomic E-state index is 0.226. The summed E-state index contributed by atoms with van der Waals surface area (Å²) < 4.78 is 7.93. The lowest BCUT2D eigenvalue weighted by Gasteiger charge is -2.51. The Morgan fingerprint density at radius 3 is 2.75 bits per heavy atom. The number of nitrogens with zero attached hydrogens (tertiary/aromatic N) is 3. The van der Waals surface area contributed by atoms with E-state index in [0.717, 1.165) is 37.7 Å². The number of carbonyl (C=O) groups is 1. The van der Waals surface area contributed by atoms with Crippen LogP contribution in [-0.4, -0.2) is 44.2 Å². The number of nitrogens with two attached hydrogens (primary N) is 1. The standard InChI is InChI=1S/C19H21Cl2N5O2/c20-13-3-2-12(14(21)6-13)7-26-8-15(24-25-26)16(27)23-18-9-17(10-18,11-22)28-19(18)4-1-5-19/h2-3,6,8H,1,4-5,7,9-11,22H2,(H,23,27). The number of carbonyl (C=O) groups excluding carboxylic acids is 1. The second-order valence-corrected chi connectivity index (χ2v) is 9.11. The molecule has 1 aromatic heterocycles. The molecule has 28 heavy (non-hydrogen) atoms. The fourth-order valence-corrected chi connectivity index (χ4v) is 5.48. The number of ether oxygens (including phenoxy) is 1. The van der Waals surface area contributed by atoms with Crippen molar-refractivity contribution in [2.45, 2.75) is 55.4 Å². The van der Waals surface area contributed by atoms with Gasteiger partial charge in [0.1, 0.15) is 0 Å². The fourth-order valence-electron chi connectivity index (χ4n) is 5.01. The molecule has 4 aliphatic rings. The van der Waals surface area contributed by atoms with Crippen LogP contribution in [0.4, 0.5) is 0 Å². The number of hydrogen-bond acceptors (Lipinski definition) is 5. The Morgan fingerprint density at radius 1 is 1.32 bits per heavy atom. The Bertz CT molecular complexity index is 950. The summed E-state index contributed by atoms with van der Waals surface area (Å²) in [5, 5.41) is 12.4.